The Morgan fingerprint density at radius 3 is 2.77 bits per heavy atom. The molecule has 0 unspecified atom stereocenters. The number of para-hydroxylation sites is 1. The predicted molar refractivity (Wildman–Crippen MR) is 97.8 cm³/mol. The van der Waals surface area contributed by atoms with Crippen LogP contribution in [0.4, 0.5) is 0 Å². The standard InChI is InChI=1S/C21H24N2O3/c24-21(17-13-16-5-1-2-7-20(16)26-14-17)23-11-8-19(9-12-23)25-15-18-6-3-4-10-22-18/h1-7,10,17,19H,8-9,11-15H2/t17-/m1/s1. The fourth-order valence-corrected chi connectivity index (χ4v) is 3.67. The Morgan fingerprint density at radius 2 is 1.96 bits per heavy atom. The number of carbonyl (C=O) groups excluding carboxylic acids is 1. The van der Waals surface area contributed by atoms with Crippen molar-refractivity contribution in [2.75, 3.05) is 19.7 Å². The fourth-order valence-electron chi connectivity index (χ4n) is 3.67. The quantitative estimate of drug-likeness (QED) is 0.849. The molecular formula is C21H24N2O3. The normalized spacial score (nSPS) is 20.3. The number of likely N-dealkylation sites (tertiary alicyclic amines) is 1. The van der Waals surface area contributed by atoms with Gasteiger partial charge in [-0.2, -0.15) is 0 Å². The van der Waals surface area contributed by atoms with Crippen molar-refractivity contribution in [3.63, 3.8) is 0 Å². The van der Waals surface area contributed by atoms with Crippen LogP contribution in [-0.2, 0) is 22.6 Å². The van der Waals surface area contributed by atoms with Crippen LogP contribution in [0.5, 0.6) is 5.75 Å². The van der Waals surface area contributed by atoms with E-state index in [-0.39, 0.29) is 17.9 Å². The van der Waals surface area contributed by atoms with Gasteiger partial charge in [-0.1, -0.05) is 24.3 Å². The summed E-state index contributed by atoms with van der Waals surface area (Å²) in [6.45, 7) is 2.52. The molecule has 2 aliphatic rings. The zero-order valence-corrected chi connectivity index (χ0v) is 14.8. The average Bonchev–Trinajstić information content (AvgIpc) is 2.72. The van der Waals surface area contributed by atoms with Crippen molar-refractivity contribution in [1.29, 1.82) is 0 Å². The molecule has 136 valence electrons. The van der Waals surface area contributed by atoms with Gasteiger partial charge in [0.15, 0.2) is 0 Å². The third-order valence-corrected chi connectivity index (χ3v) is 5.17. The summed E-state index contributed by atoms with van der Waals surface area (Å²) < 4.78 is 11.7. The number of rotatable bonds is 4. The van der Waals surface area contributed by atoms with E-state index in [1.54, 1.807) is 6.20 Å². The number of aromatic nitrogens is 1. The van der Waals surface area contributed by atoms with Gasteiger partial charge in [0.05, 0.1) is 24.3 Å². The highest BCUT2D eigenvalue weighted by molar-refractivity contribution is 5.80. The lowest BCUT2D eigenvalue weighted by Gasteiger charge is -2.35. The highest BCUT2D eigenvalue weighted by atomic mass is 16.5. The van der Waals surface area contributed by atoms with E-state index < -0.39 is 0 Å². The number of hydrogen-bond acceptors (Lipinski definition) is 4. The maximum atomic E-state index is 12.8. The minimum absolute atomic E-state index is 0.0733. The number of pyridine rings is 1. The summed E-state index contributed by atoms with van der Waals surface area (Å²) in [5, 5.41) is 0. The fraction of sp³-hybridized carbons (Fsp3) is 0.429. The second-order valence-electron chi connectivity index (χ2n) is 6.98. The van der Waals surface area contributed by atoms with E-state index in [9.17, 15) is 4.79 Å². The van der Waals surface area contributed by atoms with Gasteiger partial charge in [-0.05, 0) is 43.0 Å². The van der Waals surface area contributed by atoms with Crippen LogP contribution in [-0.4, -0.2) is 41.6 Å². The van der Waals surface area contributed by atoms with Crippen LogP contribution in [0.2, 0.25) is 0 Å². The molecule has 1 amide bonds. The van der Waals surface area contributed by atoms with E-state index in [0.717, 1.165) is 49.4 Å². The zero-order valence-electron chi connectivity index (χ0n) is 14.8. The Hall–Kier alpha value is -2.40. The molecule has 5 nitrogen and oxygen atoms in total. The van der Waals surface area contributed by atoms with Gasteiger partial charge in [0.2, 0.25) is 5.91 Å². The van der Waals surface area contributed by atoms with Crippen LogP contribution in [0, 0.1) is 5.92 Å². The highest BCUT2D eigenvalue weighted by Gasteiger charge is 2.31. The molecule has 4 rings (SSSR count). The first-order valence-corrected chi connectivity index (χ1v) is 9.30. The van der Waals surface area contributed by atoms with E-state index in [1.165, 1.54) is 0 Å². The molecule has 1 aromatic heterocycles. The summed E-state index contributed by atoms with van der Waals surface area (Å²) in [6.07, 6.45) is 4.51. The van der Waals surface area contributed by atoms with Crippen molar-refractivity contribution in [3.8, 4) is 5.75 Å². The van der Waals surface area contributed by atoms with Crippen molar-refractivity contribution in [1.82, 2.24) is 9.88 Å². The molecule has 0 aliphatic carbocycles. The Balaban J connectivity index is 1.26. The van der Waals surface area contributed by atoms with Gasteiger partial charge < -0.3 is 14.4 Å². The number of ether oxygens (including phenoxy) is 2. The molecule has 0 spiro atoms. The van der Waals surface area contributed by atoms with Crippen LogP contribution >= 0.6 is 0 Å². The van der Waals surface area contributed by atoms with Gasteiger partial charge in [0.25, 0.3) is 0 Å². The molecule has 0 N–H and O–H groups in total. The molecule has 0 bridgehead atoms. The molecular weight excluding hydrogens is 328 g/mol. The molecule has 5 heteroatoms. The summed E-state index contributed by atoms with van der Waals surface area (Å²) in [4.78, 5) is 19.1. The maximum Gasteiger partial charge on any atom is 0.229 e. The first kappa shape index (κ1) is 17.0. The number of carbonyl (C=O) groups is 1. The lowest BCUT2D eigenvalue weighted by atomic mass is 9.94. The summed E-state index contributed by atoms with van der Waals surface area (Å²) in [5.74, 6) is 1.05. The minimum Gasteiger partial charge on any atom is -0.492 e. The summed E-state index contributed by atoms with van der Waals surface area (Å²) >= 11 is 0. The average molecular weight is 352 g/mol. The number of nitrogens with zero attached hydrogens (tertiary/aromatic N) is 2. The Morgan fingerprint density at radius 1 is 1.15 bits per heavy atom. The number of fused-ring (bicyclic) bond motifs is 1. The molecule has 1 atom stereocenters. The first-order valence-electron chi connectivity index (χ1n) is 9.30. The van der Waals surface area contributed by atoms with Crippen LogP contribution in [0.15, 0.2) is 48.7 Å². The zero-order chi connectivity index (χ0) is 17.8. The van der Waals surface area contributed by atoms with Crippen molar-refractivity contribution in [2.45, 2.75) is 32.0 Å². The van der Waals surface area contributed by atoms with Crippen molar-refractivity contribution in [3.05, 3.63) is 59.9 Å². The number of piperidine rings is 1. The van der Waals surface area contributed by atoms with Crippen molar-refractivity contribution < 1.29 is 14.3 Å². The smallest absolute Gasteiger partial charge is 0.229 e. The SMILES string of the molecule is O=C([C@H]1COc2ccccc2C1)N1CCC(OCc2ccccn2)CC1. The minimum atomic E-state index is -0.0733. The number of benzene rings is 1. The Labute approximate surface area is 153 Å². The molecule has 1 aromatic carbocycles. The topological polar surface area (TPSA) is 51.7 Å². The van der Waals surface area contributed by atoms with Crippen molar-refractivity contribution >= 4 is 5.91 Å². The second kappa shape index (κ2) is 7.87. The van der Waals surface area contributed by atoms with Gasteiger partial charge in [0.1, 0.15) is 12.4 Å². The molecule has 2 aliphatic heterocycles. The van der Waals surface area contributed by atoms with Crippen LogP contribution in [0.25, 0.3) is 0 Å². The monoisotopic (exact) mass is 352 g/mol. The Bertz CT molecular complexity index is 742. The molecule has 1 saturated heterocycles. The molecule has 3 heterocycles. The van der Waals surface area contributed by atoms with Crippen molar-refractivity contribution in [2.24, 2.45) is 5.92 Å². The van der Waals surface area contributed by atoms with Gasteiger partial charge >= 0.3 is 0 Å². The second-order valence-corrected chi connectivity index (χ2v) is 6.98. The first-order chi connectivity index (χ1) is 12.8. The van der Waals surface area contributed by atoms with Gasteiger partial charge in [-0.15, -0.1) is 0 Å². The molecule has 26 heavy (non-hydrogen) atoms. The lowest BCUT2D eigenvalue weighted by Crippen LogP contribution is -2.46. The van der Waals surface area contributed by atoms with Gasteiger partial charge in [-0.3, -0.25) is 9.78 Å². The molecule has 0 radical (unpaired) electrons. The highest BCUT2D eigenvalue weighted by Crippen LogP contribution is 2.28. The van der Waals surface area contributed by atoms with Gasteiger partial charge in [0, 0.05) is 19.3 Å². The Kier molecular flexibility index (Phi) is 5.16. The summed E-state index contributed by atoms with van der Waals surface area (Å²) in [5.41, 5.74) is 2.08. The molecule has 2 aromatic rings. The van der Waals surface area contributed by atoms with E-state index >= 15 is 0 Å². The summed E-state index contributed by atoms with van der Waals surface area (Å²) in [7, 11) is 0. The number of hydrogen-bond donors (Lipinski definition) is 0. The molecule has 0 saturated carbocycles. The van der Waals surface area contributed by atoms with E-state index in [0.29, 0.717) is 13.2 Å². The lowest BCUT2D eigenvalue weighted by molar-refractivity contribution is -0.139. The number of amides is 1. The van der Waals surface area contributed by atoms with Crippen LogP contribution in [0.3, 0.4) is 0 Å². The van der Waals surface area contributed by atoms with Crippen LogP contribution < -0.4 is 4.74 Å². The van der Waals surface area contributed by atoms with E-state index in [4.69, 9.17) is 9.47 Å². The predicted octanol–water partition coefficient (Wildman–Crippen LogP) is 2.84. The van der Waals surface area contributed by atoms with E-state index in [1.807, 2.05) is 47.4 Å². The van der Waals surface area contributed by atoms with Gasteiger partial charge in [-0.25, -0.2) is 0 Å². The maximum absolute atomic E-state index is 12.8. The largest absolute Gasteiger partial charge is 0.492 e. The van der Waals surface area contributed by atoms with E-state index in [2.05, 4.69) is 4.98 Å². The molecule has 1 fully saturated rings. The third-order valence-electron chi connectivity index (χ3n) is 5.17. The summed E-state index contributed by atoms with van der Waals surface area (Å²) in [6, 6.07) is 13.8. The third kappa shape index (κ3) is 3.88. The van der Waals surface area contributed by atoms with Crippen LogP contribution in [0.1, 0.15) is 24.1 Å².